The molecule has 0 spiro atoms. The molecule has 116 valence electrons. The van der Waals surface area contributed by atoms with Crippen LogP contribution in [0.1, 0.15) is 72.6 Å². The van der Waals surface area contributed by atoms with E-state index in [0.717, 1.165) is 12.3 Å². The summed E-state index contributed by atoms with van der Waals surface area (Å²) < 4.78 is 0. The van der Waals surface area contributed by atoms with Crippen LogP contribution in [-0.2, 0) is 4.79 Å². The maximum Gasteiger partial charge on any atom is 0.239 e. The van der Waals surface area contributed by atoms with Crippen LogP contribution in [0.3, 0.4) is 0 Å². The summed E-state index contributed by atoms with van der Waals surface area (Å²) in [6.45, 7) is 8.65. The molecule has 1 saturated carbocycles. The van der Waals surface area contributed by atoms with E-state index in [4.69, 9.17) is 0 Å². The lowest BCUT2D eigenvalue weighted by Crippen LogP contribution is -2.52. The molecule has 2 aliphatic rings. The molecule has 0 unspecified atom stereocenters. The standard InChI is InChI=1S/C17H32N2O/c1-5-8-12(2)18-14(4)17(20)19-13(3)11-15-9-6-7-10-16(15)19/h12-16,18H,5-11H2,1-4H3/t12-,13-,14+,15+,16+/m1/s1. The molecule has 1 aliphatic carbocycles. The van der Waals surface area contributed by atoms with E-state index in [1.807, 2.05) is 6.92 Å². The van der Waals surface area contributed by atoms with E-state index < -0.39 is 0 Å². The van der Waals surface area contributed by atoms with Gasteiger partial charge in [0.15, 0.2) is 0 Å². The number of nitrogens with one attached hydrogen (secondary N) is 1. The zero-order valence-corrected chi connectivity index (χ0v) is 13.7. The van der Waals surface area contributed by atoms with E-state index in [1.165, 1.54) is 38.5 Å². The fourth-order valence-electron chi connectivity index (χ4n) is 4.33. The quantitative estimate of drug-likeness (QED) is 0.838. The molecule has 3 heteroatoms. The first kappa shape index (κ1) is 15.8. The van der Waals surface area contributed by atoms with Gasteiger partial charge in [-0.3, -0.25) is 4.79 Å². The van der Waals surface area contributed by atoms with Crippen LogP contribution in [0, 0.1) is 5.92 Å². The van der Waals surface area contributed by atoms with Gasteiger partial charge in [0.25, 0.3) is 0 Å². The number of fused-ring (bicyclic) bond motifs is 1. The SMILES string of the molecule is CCC[C@@H](C)N[C@@H](C)C(=O)N1[C@H](C)C[C@@H]2CCCC[C@@H]21. The molecule has 20 heavy (non-hydrogen) atoms. The molecular formula is C17H32N2O. The van der Waals surface area contributed by atoms with Gasteiger partial charge in [0.1, 0.15) is 0 Å². The van der Waals surface area contributed by atoms with Crippen LogP contribution in [0.2, 0.25) is 0 Å². The molecule has 2 fully saturated rings. The van der Waals surface area contributed by atoms with Gasteiger partial charge in [0.05, 0.1) is 6.04 Å². The molecule has 0 bridgehead atoms. The molecule has 1 saturated heterocycles. The second-order valence-electron chi connectivity index (χ2n) is 7.02. The van der Waals surface area contributed by atoms with Crippen molar-refractivity contribution in [1.82, 2.24) is 10.2 Å². The van der Waals surface area contributed by atoms with Crippen LogP contribution in [0.15, 0.2) is 0 Å². The number of hydrogen-bond donors (Lipinski definition) is 1. The van der Waals surface area contributed by atoms with Crippen LogP contribution < -0.4 is 5.32 Å². The highest BCUT2D eigenvalue weighted by molar-refractivity contribution is 5.82. The first-order valence-corrected chi connectivity index (χ1v) is 8.62. The second kappa shape index (κ2) is 6.93. The fourth-order valence-corrected chi connectivity index (χ4v) is 4.33. The van der Waals surface area contributed by atoms with Gasteiger partial charge in [-0.1, -0.05) is 26.2 Å². The number of likely N-dealkylation sites (tertiary alicyclic amines) is 1. The number of nitrogens with zero attached hydrogens (tertiary/aromatic N) is 1. The Hall–Kier alpha value is -0.570. The lowest BCUT2D eigenvalue weighted by atomic mass is 9.85. The Balaban J connectivity index is 1.96. The molecule has 2 rings (SSSR count). The number of hydrogen-bond acceptors (Lipinski definition) is 2. The molecule has 3 nitrogen and oxygen atoms in total. The summed E-state index contributed by atoms with van der Waals surface area (Å²) in [5, 5.41) is 3.48. The van der Waals surface area contributed by atoms with E-state index in [0.29, 0.717) is 24.0 Å². The third-order valence-corrected chi connectivity index (χ3v) is 5.23. The van der Waals surface area contributed by atoms with Crippen molar-refractivity contribution in [3.8, 4) is 0 Å². The van der Waals surface area contributed by atoms with Crippen molar-refractivity contribution in [2.45, 2.75) is 96.8 Å². The molecule has 1 amide bonds. The van der Waals surface area contributed by atoms with Crippen molar-refractivity contribution in [1.29, 1.82) is 0 Å². The van der Waals surface area contributed by atoms with Gasteiger partial charge >= 0.3 is 0 Å². The Morgan fingerprint density at radius 2 is 2.00 bits per heavy atom. The molecule has 0 aromatic heterocycles. The smallest absolute Gasteiger partial charge is 0.239 e. The van der Waals surface area contributed by atoms with E-state index in [1.54, 1.807) is 0 Å². The summed E-state index contributed by atoms with van der Waals surface area (Å²) in [7, 11) is 0. The average molecular weight is 280 g/mol. The third-order valence-electron chi connectivity index (χ3n) is 5.23. The second-order valence-corrected chi connectivity index (χ2v) is 7.02. The van der Waals surface area contributed by atoms with E-state index in [9.17, 15) is 4.79 Å². The first-order chi connectivity index (χ1) is 9.54. The highest BCUT2D eigenvalue weighted by Crippen LogP contribution is 2.39. The summed E-state index contributed by atoms with van der Waals surface area (Å²) in [5.41, 5.74) is 0. The summed E-state index contributed by atoms with van der Waals surface area (Å²) in [5.74, 6) is 1.10. The normalized spacial score (nSPS) is 32.8. The van der Waals surface area contributed by atoms with Crippen molar-refractivity contribution in [3.05, 3.63) is 0 Å². The molecule has 0 aromatic carbocycles. The van der Waals surface area contributed by atoms with Gasteiger partial charge in [-0.15, -0.1) is 0 Å². The lowest BCUT2D eigenvalue weighted by Gasteiger charge is -2.35. The van der Waals surface area contributed by atoms with Crippen LogP contribution >= 0.6 is 0 Å². The molecule has 1 aliphatic heterocycles. The predicted molar refractivity (Wildman–Crippen MR) is 83.6 cm³/mol. The van der Waals surface area contributed by atoms with E-state index >= 15 is 0 Å². The van der Waals surface area contributed by atoms with Gasteiger partial charge in [-0.2, -0.15) is 0 Å². The number of rotatable bonds is 5. The lowest BCUT2D eigenvalue weighted by molar-refractivity contribution is -0.136. The van der Waals surface area contributed by atoms with Crippen LogP contribution in [0.5, 0.6) is 0 Å². The van der Waals surface area contributed by atoms with Gasteiger partial charge in [0.2, 0.25) is 5.91 Å². The largest absolute Gasteiger partial charge is 0.335 e. The summed E-state index contributed by atoms with van der Waals surface area (Å²) >= 11 is 0. The van der Waals surface area contributed by atoms with Crippen molar-refractivity contribution in [3.63, 3.8) is 0 Å². The molecule has 1 heterocycles. The third kappa shape index (κ3) is 3.36. The Labute approximate surface area is 124 Å². The Kier molecular flexibility index (Phi) is 5.48. The first-order valence-electron chi connectivity index (χ1n) is 8.62. The molecule has 0 radical (unpaired) electrons. The van der Waals surface area contributed by atoms with E-state index in [2.05, 4.69) is 31.0 Å². The minimum atomic E-state index is -0.0420. The summed E-state index contributed by atoms with van der Waals surface area (Å²) in [4.78, 5) is 15.0. The molecule has 1 N–H and O–H groups in total. The molecular weight excluding hydrogens is 248 g/mol. The Bertz CT molecular complexity index is 331. The number of amides is 1. The van der Waals surface area contributed by atoms with Crippen LogP contribution in [-0.4, -0.2) is 35.0 Å². The van der Waals surface area contributed by atoms with Crippen LogP contribution in [0.4, 0.5) is 0 Å². The molecule has 0 aromatic rings. The maximum atomic E-state index is 12.8. The topological polar surface area (TPSA) is 32.3 Å². The minimum absolute atomic E-state index is 0.0420. The van der Waals surface area contributed by atoms with Crippen LogP contribution in [0.25, 0.3) is 0 Å². The zero-order valence-electron chi connectivity index (χ0n) is 13.7. The van der Waals surface area contributed by atoms with Crippen molar-refractivity contribution >= 4 is 5.91 Å². The van der Waals surface area contributed by atoms with Gasteiger partial charge in [-0.05, 0) is 52.4 Å². The average Bonchev–Trinajstić information content (AvgIpc) is 2.73. The predicted octanol–water partition coefficient (Wildman–Crippen LogP) is 3.33. The van der Waals surface area contributed by atoms with Crippen molar-refractivity contribution in [2.24, 2.45) is 5.92 Å². The Morgan fingerprint density at radius 1 is 1.30 bits per heavy atom. The van der Waals surface area contributed by atoms with Gasteiger partial charge in [0, 0.05) is 18.1 Å². The van der Waals surface area contributed by atoms with Gasteiger partial charge in [-0.25, -0.2) is 0 Å². The minimum Gasteiger partial charge on any atom is -0.335 e. The van der Waals surface area contributed by atoms with E-state index in [-0.39, 0.29) is 6.04 Å². The van der Waals surface area contributed by atoms with Crippen molar-refractivity contribution in [2.75, 3.05) is 0 Å². The maximum absolute atomic E-state index is 12.8. The zero-order chi connectivity index (χ0) is 14.7. The number of carbonyl (C=O) groups is 1. The summed E-state index contributed by atoms with van der Waals surface area (Å²) in [6.07, 6.45) is 8.72. The highest BCUT2D eigenvalue weighted by atomic mass is 16.2. The fraction of sp³-hybridized carbons (Fsp3) is 0.941. The highest BCUT2D eigenvalue weighted by Gasteiger charge is 2.43. The van der Waals surface area contributed by atoms with Crippen molar-refractivity contribution < 1.29 is 4.79 Å². The molecule has 5 atom stereocenters. The summed E-state index contributed by atoms with van der Waals surface area (Å²) in [6, 6.07) is 1.34. The number of carbonyl (C=O) groups excluding carboxylic acids is 1. The monoisotopic (exact) mass is 280 g/mol. The Morgan fingerprint density at radius 3 is 2.70 bits per heavy atom. The van der Waals surface area contributed by atoms with Gasteiger partial charge < -0.3 is 10.2 Å².